The smallest absolute Gasteiger partial charge is 0.271 e. The quantitative estimate of drug-likeness (QED) is 0.377. The van der Waals surface area contributed by atoms with Crippen LogP contribution in [0.1, 0.15) is 44.6 Å². The molecule has 2 unspecified atom stereocenters. The van der Waals surface area contributed by atoms with Crippen LogP contribution < -0.4 is 15.6 Å². The fourth-order valence-corrected chi connectivity index (χ4v) is 4.46. The summed E-state index contributed by atoms with van der Waals surface area (Å²) in [6.07, 6.45) is 7.14. The van der Waals surface area contributed by atoms with Gasteiger partial charge in [-0.1, -0.05) is 38.2 Å². The van der Waals surface area contributed by atoms with Gasteiger partial charge in [0.05, 0.1) is 25.5 Å². The molecule has 0 saturated heterocycles. The van der Waals surface area contributed by atoms with E-state index in [-0.39, 0.29) is 24.0 Å². The molecule has 0 spiro atoms. The summed E-state index contributed by atoms with van der Waals surface area (Å²) in [4.78, 5) is 26.3. The number of nitrogens with one attached hydrogen (secondary N) is 1. The van der Waals surface area contributed by atoms with Crippen molar-refractivity contribution in [1.29, 1.82) is 0 Å². The SMILES string of the molecule is O=C(Nc1ccn(CC(O)CO)n1)C(CC1CCCCC1)n1ncc(Oc2c(F)cccc2F)cc1=O. The maximum atomic E-state index is 14.0. The molecule has 1 saturated carbocycles. The minimum atomic E-state index is -0.996. The maximum absolute atomic E-state index is 14.0. The van der Waals surface area contributed by atoms with Gasteiger partial charge in [-0.2, -0.15) is 10.2 Å². The number of halogens is 2. The van der Waals surface area contributed by atoms with Crippen molar-refractivity contribution in [2.45, 2.75) is 57.2 Å². The molecule has 1 amide bonds. The average molecular weight is 518 g/mol. The molecule has 10 nitrogen and oxygen atoms in total. The van der Waals surface area contributed by atoms with Crippen molar-refractivity contribution in [3.05, 3.63) is 64.7 Å². The molecule has 1 fully saturated rings. The summed E-state index contributed by atoms with van der Waals surface area (Å²) in [7, 11) is 0. The van der Waals surface area contributed by atoms with Gasteiger partial charge in [0.25, 0.3) is 11.5 Å². The Morgan fingerprint density at radius 2 is 1.92 bits per heavy atom. The van der Waals surface area contributed by atoms with E-state index in [2.05, 4.69) is 15.5 Å². The van der Waals surface area contributed by atoms with E-state index in [0.717, 1.165) is 61.2 Å². The van der Waals surface area contributed by atoms with Crippen LogP contribution in [0.2, 0.25) is 0 Å². The Kier molecular flexibility index (Phi) is 8.62. The number of rotatable bonds is 10. The third-order valence-corrected chi connectivity index (χ3v) is 6.32. The number of nitrogens with zero attached hydrogens (tertiary/aromatic N) is 4. The maximum Gasteiger partial charge on any atom is 0.271 e. The van der Waals surface area contributed by atoms with Gasteiger partial charge in [0.1, 0.15) is 6.04 Å². The molecule has 1 aromatic carbocycles. The molecule has 2 aromatic heterocycles. The van der Waals surface area contributed by atoms with E-state index in [1.54, 1.807) is 6.20 Å². The van der Waals surface area contributed by atoms with E-state index < -0.39 is 47.6 Å². The molecule has 0 aliphatic heterocycles. The number of benzene rings is 1. The highest BCUT2D eigenvalue weighted by atomic mass is 19.1. The topological polar surface area (TPSA) is 132 Å². The lowest BCUT2D eigenvalue weighted by molar-refractivity contribution is -0.120. The zero-order chi connectivity index (χ0) is 26.4. The summed E-state index contributed by atoms with van der Waals surface area (Å²) in [5.41, 5.74) is -0.665. The number of para-hydroxylation sites is 1. The molecule has 0 radical (unpaired) electrons. The number of aliphatic hydroxyl groups excluding tert-OH is 2. The van der Waals surface area contributed by atoms with Crippen LogP contribution in [0.25, 0.3) is 0 Å². The van der Waals surface area contributed by atoms with Gasteiger partial charge in [-0.3, -0.25) is 14.3 Å². The Bertz CT molecular complexity index is 1250. The number of hydrogen-bond donors (Lipinski definition) is 3. The van der Waals surface area contributed by atoms with Gasteiger partial charge >= 0.3 is 0 Å². The third-order valence-electron chi connectivity index (χ3n) is 6.32. The first-order valence-electron chi connectivity index (χ1n) is 12.2. The predicted molar refractivity (Wildman–Crippen MR) is 129 cm³/mol. The summed E-state index contributed by atoms with van der Waals surface area (Å²) < 4.78 is 35.6. The van der Waals surface area contributed by atoms with E-state index in [9.17, 15) is 23.5 Å². The molecule has 3 N–H and O–H groups in total. The van der Waals surface area contributed by atoms with Crippen LogP contribution in [0, 0.1) is 17.6 Å². The first-order chi connectivity index (χ1) is 17.8. The monoisotopic (exact) mass is 517 g/mol. The lowest BCUT2D eigenvalue weighted by Crippen LogP contribution is -2.36. The fraction of sp³-hybridized carbons (Fsp3) is 0.440. The fourth-order valence-electron chi connectivity index (χ4n) is 4.46. The van der Waals surface area contributed by atoms with Crippen molar-refractivity contribution in [2.75, 3.05) is 11.9 Å². The number of aliphatic hydroxyl groups is 2. The number of anilines is 1. The van der Waals surface area contributed by atoms with Crippen molar-refractivity contribution in [3.63, 3.8) is 0 Å². The molecule has 2 atom stereocenters. The van der Waals surface area contributed by atoms with E-state index in [0.29, 0.717) is 6.42 Å². The van der Waals surface area contributed by atoms with Gasteiger partial charge in [0.15, 0.2) is 29.0 Å². The van der Waals surface area contributed by atoms with Crippen molar-refractivity contribution < 1.29 is 28.5 Å². The molecular formula is C25H29F2N5O5. The number of amides is 1. The highest BCUT2D eigenvalue weighted by Crippen LogP contribution is 2.31. The molecule has 2 heterocycles. The molecular weight excluding hydrogens is 488 g/mol. The standard InChI is InChI=1S/C25H29F2N5O5/c26-19-7-4-8-20(27)24(19)37-18-12-23(35)32(28-13-18)21(11-16-5-2-1-3-6-16)25(36)29-22-9-10-31(30-22)14-17(34)15-33/h4,7-10,12-13,16-17,21,33-34H,1-3,5-6,11,14-15H2,(H,29,30,36). The van der Waals surface area contributed by atoms with E-state index in [4.69, 9.17) is 9.84 Å². The average Bonchev–Trinajstić information content (AvgIpc) is 3.32. The third kappa shape index (κ3) is 6.77. The summed E-state index contributed by atoms with van der Waals surface area (Å²) in [6.45, 7) is -0.383. The highest BCUT2D eigenvalue weighted by molar-refractivity contribution is 5.92. The van der Waals surface area contributed by atoms with Crippen LogP contribution in [0.15, 0.2) is 47.5 Å². The van der Waals surface area contributed by atoms with Crippen LogP contribution in [0.5, 0.6) is 11.5 Å². The molecule has 4 rings (SSSR count). The largest absolute Gasteiger partial charge is 0.449 e. The Morgan fingerprint density at radius 1 is 1.19 bits per heavy atom. The zero-order valence-electron chi connectivity index (χ0n) is 20.1. The number of carbonyl (C=O) groups excluding carboxylic acids is 1. The first kappa shape index (κ1) is 26.4. The Labute approximate surface area is 211 Å². The van der Waals surface area contributed by atoms with Crippen molar-refractivity contribution in [3.8, 4) is 11.5 Å². The van der Waals surface area contributed by atoms with Gasteiger partial charge < -0.3 is 20.3 Å². The summed E-state index contributed by atoms with van der Waals surface area (Å²) in [5, 5.41) is 29.6. The first-order valence-corrected chi connectivity index (χ1v) is 12.2. The molecule has 3 aromatic rings. The van der Waals surface area contributed by atoms with Gasteiger partial charge in [-0.25, -0.2) is 13.5 Å². The zero-order valence-corrected chi connectivity index (χ0v) is 20.1. The lowest BCUT2D eigenvalue weighted by atomic mass is 9.84. The van der Waals surface area contributed by atoms with E-state index >= 15 is 0 Å². The van der Waals surface area contributed by atoms with Crippen LogP contribution in [0.4, 0.5) is 14.6 Å². The van der Waals surface area contributed by atoms with Crippen LogP contribution >= 0.6 is 0 Å². The lowest BCUT2D eigenvalue weighted by Gasteiger charge is -2.26. The van der Waals surface area contributed by atoms with Gasteiger partial charge in [0, 0.05) is 18.3 Å². The summed E-state index contributed by atoms with van der Waals surface area (Å²) >= 11 is 0. The Balaban J connectivity index is 1.56. The number of ether oxygens (including phenoxy) is 1. The van der Waals surface area contributed by atoms with Crippen LogP contribution in [-0.4, -0.2) is 48.4 Å². The van der Waals surface area contributed by atoms with Gasteiger partial charge in [-0.05, 0) is 24.5 Å². The molecule has 1 aliphatic carbocycles. The van der Waals surface area contributed by atoms with E-state index in [1.807, 2.05) is 0 Å². The van der Waals surface area contributed by atoms with Gasteiger partial charge in [-0.15, -0.1) is 0 Å². The number of carbonyl (C=O) groups is 1. The van der Waals surface area contributed by atoms with Crippen molar-refractivity contribution in [1.82, 2.24) is 19.6 Å². The molecule has 0 bridgehead atoms. The Hall–Kier alpha value is -3.64. The van der Waals surface area contributed by atoms with E-state index in [1.165, 1.54) is 16.8 Å². The molecule has 37 heavy (non-hydrogen) atoms. The number of aromatic nitrogens is 4. The number of hydrogen-bond acceptors (Lipinski definition) is 7. The highest BCUT2D eigenvalue weighted by Gasteiger charge is 2.28. The van der Waals surface area contributed by atoms with Crippen LogP contribution in [-0.2, 0) is 11.3 Å². The second kappa shape index (κ2) is 12.1. The minimum Gasteiger partial charge on any atom is -0.449 e. The summed E-state index contributed by atoms with van der Waals surface area (Å²) in [5.74, 6) is -2.73. The van der Waals surface area contributed by atoms with Gasteiger partial charge in [0.2, 0.25) is 0 Å². The predicted octanol–water partition coefficient (Wildman–Crippen LogP) is 3.01. The molecule has 198 valence electrons. The summed E-state index contributed by atoms with van der Waals surface area (Å²) in [6, 6.07) is 4.87. The normalized spacial score (nSPS) is 15.8. The Morgan fingerprint density at radius 3 is 2.59 bits per heavy atom. The van der Waals surface area contributed by atoms with Crippen molar-refractivity contribution >= 4 is 11.7 Å². The minimum absolute atomic E-state index is 0.0446. The second-order valence-electron chi connectivity index (χ2n) is 9.13. The second-order valence-corrected chi connectivity index (χ2v) is 9.13. The van der Waals surface area contributed by atoms with Crippen molar-refractivity contribution in [2.24, 2.45) is 5.92 Å². The molecule has 1 aliphatic rings. The van der Waals surface area contributed by atoms with Crippen LogP contribution in [0.3, 0.4) is 0 Å². The molecule has 12 heteroatoms.